The van der Waals surface area contributed by atoms with Crippen LogP contribution in [0.4, 0.5) is 0 Å². The third kappa shape index (κ3) is 2.80. The number of hydrogen-bond acceptors (Lipinski definition) is 2. The quantitative estimate of drug-likeness (QED) is 0.826. The highest BCUT2D eigenvalue weighted by molar-refractivity contribution is 5.93. The summed E-state index contributed by atoms with van der Waals surface area (Å²) in [6.45, 7) is 5.62. The van der Waals surface area contributed by atoms with Crippen LogP contribution in [0.5, 0.6) is 0 Å². The first-order chi connectivity index (χ1) is 8.70. The second-order valence-electron chi connectivity index (χ2n) is 4.36. The van der Waals surface area contributed by atoms with Crippen molar-refractivity contribution >= 4 is 5.91 Å². The van der Waals surface area contributed by atoms with Crippen LogP contribution >= 0.6 is 0 Å². The summed E-state index contributed by atoms with van der Waals surface area (Å²) in [5.41, 5.74) is 1.76. The molecule has 0 saturated carbocycles. The number of ether oxygens (including phenoxy) is 1. The molecule has 2 rings (SSSR count). The lowest BCUT2D eigenvalue weighted by Gasteiger charge is -2.14. The van der Waals surface area contributed by atoms with Crippen molar-refractivity contribution in [2.24, 2.45) is 0 Å². The van der Waals surface area contributed by atoms with Crippen molar-refractivity contribution in [3.05, 3.63) is 60.4 Å². The van der Waals surface area contributed by atoms with Gasteiger partial charge in [-0.1, -0.05) is 43.0 Å². The molecule has 94 valence electrons. The molecule has 2 atom stereocenters. The molecule has 1 aromatic rings. The molecule has 0 fully saturated rings. The van der Waals surface area contributed by atoms with Gasteiger partial charge in [-0.2, -0.15) is 0 Å². The molecule has 1 aromatic carbocycles. The first kappa shape index (κ1) is 12.4. The van der Waals surface area contributed by atoms with Crippen LogP contribution in [0.1, 0.15) is 24.9 Å². The second-order valence-corrected chi connectivity index (χ2v) is 4.36. The maximum Gasteiger partial charge on any atom is 0.250 e. The summed E-state index contributed by atoms with van der Waals surface area (Å²) < 4.78 is 5.28. The molecule has 1 aliphatic heterocycles. The zero-order valence-electron chi connectivity index (χ0n) is 10.4. The van der Waals surface area contributed by atoms with E-state index in [1.165, 1.54) is 6.26 Å². The van der Waals surface area contributed by atoms with Crippen LogP contribution in [0.2, 0.25) is 0 Å². The average molecular weight is 243 g/mol. The van der Waals surface area contributed by atoms with Gasteiger partial charge in [0.05, 0.1) is 17.9 Å². The Labute approximate surface area is 107 Å². The molecule has 0 bridgehead atoms. The summed E-state index contributed by atoms with van der Waals surface area (Å²) in [6.07, 6.45) is 3.76. The third-order valence-corrected chi connectivity index (χ3v) is 3.01. The highest BCUT2D eigenvalue weighted by atomic mass is 16.5. The second kappa shape index (κ2) is 5.54. The van der Waals surface area contributed by atoms with E-state index in [0.717, 1.165) is 5.56 Å². The Bertz CT molecular complexity index is 465. The molecule has 0 aliphatic carbocycles. The molecule has 18 heavy (non-hydrogen) atoms. The van der Waals surface area contributed by atoms with Crippen LogP contribution < -0.4 is 5.32 Å². The number of amides is 1. The average Bonchev–Trinajstić information content (AvgIpc) is 2.88. The predicted molar refractivity (Wildman–Crippen MR) is 70.8 cm³/mol. The van der Waals surface area contributed by atoms with Gasteiger partial charge in [0.1, 0.15) is 6.10 Å². The number of rotatable bonds is 4. The van der Waals surface area contributed by atoms with Crippen molar-refractivity contribution in [2.75, 3.05) is 0 Å². The lowest BCUT2D eigenvalue weighted by Crippen LogP contribution is -2.27. The molecular weight excluding hydrogens is 226 g/mol. The lowest BCUT2D eigenvalue weighted by molar-refractivity contribution is -0.118. The minimum absolute atomic E-state index is 0.0117. The molecule has 1 heterocycles. The van der Waals surface area contributed by atoms with Crippen molar-refractivity contribution in [3.8, 4) is 0 Å². The van der Waals surface area contributed by atoms with Crippen LogP contribution in [-0.2, 0) is 9.53 Å². The Morgan fingerprint density at radius 3 is 2.83 bits per heavy atom. The van der Waals surface area contributed by atoms with Crippen molar-refractivity contribution < 1.29 is 9.53 Å². The maximum absolute atomic E-state index is 12.0. The Morgan fingerprint density at radius 1 is 1.50 bits per heavy atom. The van der Waals surface area contributed by atoms with Gasteiger partial charge in [0, 0.05) is 6.42 Å². The van der Waals surface area contributed by atoms with Gasteiger partial charge in [0.2, 0.25) is 0 Å². The lowest BCUT2D eigenvalue weighted by atomic mass is 10.1. The fourth-order valence-corrected chi connectivity index (χ4v) is 1.88. The first-order valence-corrected chi connectivity index (χ1v) is 6.03. The summed E-state index contributed by atoms with van der Waals surface area (Å²) in [7, 11) is 0. The monoisotopic (exact) mass is 243 g/mol. The molecule has 0 radical (unpaired) electrons. The Balaban J connectivity index is 1.94. The van der Waals surface area contributed by atoms with Crippen LogP contribution in [0.3, 0.4) is 0 Å². The summed E-state index contributed by atoms with van der Waals surface area (Å²) in [4.78, 5) is 12.0. The van der Waals surface area contributed by atoms with Gasteiger partial charge >= 0.3 is 0 Å². The van der Waals surface area contributed by atoms with E-state index >= 15 is 0 Å². The molecular formula is C15H17NO2. The fourth-order valence-electron chi connectivity index (χ4n) is 1.88. The standard InChI is InChI=1S/C15H17NO2/c1-3-14-9-13(10-18-14)15(17)16-11(2)12-7-5-4-6-8-12/h3-8,10-11,14H,1,9H2,2H3,(H,16,17)/t11-,14-/m1/s1. The first-order valence-electron chi connectivity index (χ1n) is 6.03. The molecule has 0 saturated heterocycles. The number of hydrogen-bond donors (Lipinski definition) is 1. The third-order valence-electron chi connectivity index (χ3n) is 3.01. The van der Waals surface area contributed by atoms with Crippen LogP contribution in [0, 0.1) is 0 Å². The number of carbonyl (C=O) groups is 1. The molecule has 0 unspecified atom stereocenters. The van der Waals surface area contributed by atoms with Crippen LogP contribution in [-0.4, -0.2) is 12.0 Å². The van der Waals surface area contributed by atoms with Crippen LogP contribution in [0.15, 0.2) is 54.8 Å². The van der Waals surface area contributed by atoms with Gasteiger partial charge in [-0.05, 0) is 12.5 Å². The summed E-state index contributed by atoms with van der Waals surface area (Å²) in [5.74, 6) is -0.0734. The molecule has 3 heteroatoms. The van der Waals surface area contributed by atoms with E-state index in [4.69, 9.17) is 4.74 Å². The molecule has 1 N–H and O–H groups in total. The van der Waals surface area contributed by atoms with Gasteiger partial charge in [0.15, 0.2) is 0 Å². The van der Waals surface area contributed by atoms with E-state index in [2.05, 4.69) is 11.9 Å². The number of carbonyl (C=O) groups excluding carboxylic acids is 1. The van der Waals surface area contributed by atoms with Crippen molar-refractivity contribution in [1.29, 1.82) is 0 Å². The van der Waals surface area contributed by atoms with E-state index in [-0.39, 0.29) is 18.1 Å². The van der Waals surface area contributed by atoms with Crippen molar-refractivity contribution in [1.82, 2.24) is 5.32 Å². The molecule has 0 spiro atoms. The van der Waals surface area contributed by atoms with Gasteiger partial charge in [0.25, 0.3) is 5.91 Å². The highest BCUT2D eigenvalue weighted by Crippen LogP contribution is 2.20. The van der Waals surface area contributed by atoms with Gasteiger partial charge in [-0.3, -0.25) is 4.79 Å². The molecule has 3 nitrogen and oxygen atoms in total. The Hall–Kier alpha value is -2.03. The zero-order chi connectivity index (χ0) is 13.0. The maximum atomic E-state index is 12.0. The topological polar surface area (TPSA) is 38.3 Å². The van der Waals surface area contributed by atoms with E-state index in [9.17, 15) is 4.79 Å². The van der Waals surface area contributed by atoms with Gasteiger partial charge < -0.3 is 10.1 Å². The SMILES string of the molecule is C=C[C@@H]1CC(C(=O)N[C@H](C)c2ccccc2)=CO1. The van der Waals surface area contributed by atoms with E-state index in [1.807, 2.05) is 37.3 Å². The summed E-state index contributed by atoms with van der Waals surface area (Å²) in [5, 5.41) is 2.96. The van der Waals surface area contributed by atoms with Gasteiger partial charge in [-0.15, -0.1) is 0 Å². The van der Waals surface area contributed by atoms with Crippen molar-refractivity contribution in [2.45, 2.75) is 25.5 Å². The van der Waals surface area contributed by atoms with E-state index < -0.39 is 0 Å². The molecule has 0 aromatic heterocycles. The number of benzene rings is 1. The van der Waals surface area contributed by atoms with Crippen molar-refractivity contribution in [3.63, 3.8) is 0 Å². The zero-order valence-corrected chi connectivity index (χ0v) is 10.4. The van der Waals surface area contributed by atoms with Crippen LogP contribution in [0.25, 0.3) is 0 Å². The Kier molecular flexibility index (Phi) is 3.82. The largest absolute Gasteiger partial charge is 0.493 e. The highest BCUT2D eigenvalue weighted by Gasteiger charge is 2.22. The fraction of sp³-hybridized carbons (Fsp3) is 0.267. The minimum atomic E-state index is -0.0734. The summed E-state index contributed by atoms with van der Waals surface area (Å²) >= 11 is 0. The smallest absolute Gasteiger partial charge is 0.250 e. The molecule has 1 amide bonds. The molecule has 1 aliphatic rings. The minimum Gasteiger partial charge on any atom is -0.493 e. The van der Waals surface area contributed by atoms with E-state index in [0.29, 0.717) is 12.0 Å². The summed E-state index contributed by atoms with van der Waals surface area (Å²) in [6, 6.07) is 9.86. The predicted octanol–water partition coefficient (Wildman–Crippen LogP) is 2.72. The normalized spacial score (nSPS) is 19.6. The Morgan fingerprint density at radius 2 is 2.22 bits per heavy atom. The van der Waals surface area contributed by atoms with Gasteiger partial charge in [-0.25, -0.2) is 0 Å². The van der Waals surface area contributed by atoms with E-state index in [1.54, 1.807) is 6.08 Å². The number of nitrogens with one attached hydrogen (secondary N) is 1.